The van der Waals surface area contributed by atoms with Gasteiger partial charge in [-0.3, -0.25) is 10.1 Å². The summed E-state index contributed by atoms with van der Waals surface area (Å²) in [4.78, 5) is 9.95. The summed E-state index contributed by atoms with van der Waals surface area (Å²) in [7, 11) is 0. The van der Waals surface area contributed by atoms with E-state index in [9.17, 15) is 14.5 Å². The van der Waals surface area contributed by atoms with Crippen LogP contribution in [-0.4, -0.2) is 4.92 Å². The molecule has 0 radical (unpaired) electrons. The number of ether oxygens (including phenoxy) is 1. The van der Waals surface area contributed by atoms with E-state index >= 15 is 0 Å². The van der Waals surface area contributed by atoms with Crippen LogP contribution in [0.2, 0.25) is 5.02 Å². The number of benzene rings is 2. The Labute approximate surface area is 113 Å². The first-order chi connectivity index (χ1) is 8.95. The summed E-state index contributed by atoms with van der Waals surface area (Å²) in [6.07, 6.45) is 0. The maximum Gasteiger partial charge on any atom is 0.276 e. The van der Waals surface area contributed by atoms with Crippen LogP contribution in [-0.2, 0) is 0 Å². The van der Waals surface area contributed by atoms with Crippen molar-refractivity contribution < 1.29 is 14.1 Å². The van der Waals surface area contributed by atoms with Crippen molar-refractivity contribution in [3.05, 3.63) is 62.9 Å². The number of nitrogens with zero attached hydrogens (tertiary/aromatic N) is 1. The maximum atomic E-state index is 13.3. The predicted octanol–water partition coefficient (Wildman–Crippen LogP) is 4.49. The molecule has 0 amide bonds. The fourth-order valence-electron chi connectivity index (χ4n) is 1.53. The molecule has 0 saturated carbocycles. The third-order valence-electron chi connectivity index (χ3n) is 2.38. The smallest absolute Gasteiger partial charge is 0.276 e. The van der Waals surface area contributed by atoms with Crippen molar-refractivity contribution in [2.45, 2.75) is 6.92 Å². The zero-order chi connectivity index (χ0) is 14.0. The first kappa shape index (κ1) is 13.3. The van der Waals surface area contributed by atoms with Gasteiger partial charge in [0.25, 0.3) is 5.69 Å². The molecule has 0 saturated heterocycles. The summed E-state index contributed by atoms with van der Waals surface area (Å²) < 4.78 is 18.6. The number of rotatable bonds is 3. The fraction of sp³-hybridized carbons (Fsp3) is 0.0769. The first-order valence-corrected chi connectivity index (χ1v) is 5.72. The highest BCUT2D eigenvalue weighted by molar-refractivity contribution is 6.32. The Balaban J connectivity index is 2.38. The van der Waals surface area contributed by atoms with E-state index in [2.05, 4.69) is 0 Å². The molecule has 0 aliphatic rings. The van der Waals surface area contributed by atoms with Crippen LogP contribution in [0.3, 0.4) is 0 Å². The van der Waals surface area contributed by atoms with Gasteiger partial charge in [0, 0.05) is 6.07 Å². The summed E-state index contributed by atoms with van der Waals surface area (Å²) in [6.45, 7) is 1.84. The molecule has 2 rings (SSSR count). The fourth-order valence-corrected chi connectivity index (χ4v) is 1.68. The maximum absolute atomic E-state index is 13.3. The molecule has 0 atom stereocenters. The number of nitro benzene ring substituents is 1. The molecule has 4 nitrogen and oxygen atoms in total. The second kappa shape index (κ2) is 5.24. The molecule has 0 unspecified atom stereocenters. The quantitative estimate of drug-likeness (QED) is 0.615. The molecule has 2 aromatic carbocycles. The minimum absolute atomic E-state index is 0.0270. The number of nitro groups is 1. The Morgan fingerprint density at radius 3 is 2.68 bits per heavy atom. The lowest BCUT2D eigenvalue weighted by atomic mass is 10.2. The van der Waals surface area contributed by atoms with Gasteiger partial charge in [0.2, 0.25) is 0 Å². The summed E-state index contributed by atoms with van der Waals surface area (Å²) in [5, 5.41) is 11.0. The predicted molar refractivity (Wildman–Crippen MR) is 69.3 cm³/mol. The summed E-state index contributed by atoms with van der Waals surface area (Å²) in [5.74, 6) is -0.395. The zero-order valence-electron chi connectivity index (χ0n) is 9.89. The molecule has 0 fully saturated rings. The van der Waals surface area contributed by atoms with Crippen molar-refractivity contribution >= 4 is 17.3 Å². The lowest BCUT2D eigenvalue weighted by Gasteiger charge is -2.08. The van der Waals surface area contributed by atoms with E-state index in [1.165, 1.54) is 0 Å². The average molecular weight is 282 g/mol. The van der Waals surface area contributed by atoms with E-state index < -0.39 is 10.7 Å². The third-order valence-corrected chi connectivity index (χ3v) is 2.69. The van der Waals surface area contributed by atoms with E-state index in [1.54, 1.807) is 18.2 Å². The van der Waals surface area contributed by atoms with Crippen LogP contribution in [0.15, 0.2) is 36.4 Å². The number of halogens is 2. The third kappa shape index (κ3) is 3.20. The lowest BCUT2D eigenvalue weighted by Crippen LogP contribution is -1.92. The van der Waals surface area contributed by atoms with Crippen LogP contribution in [0.1, 0.15) is 5.56 Å². The number of non-ortho nitro benzene ring substituents is 1. The molecule has 0 N–H and O–H groups in total. The van der Waals surface area contributed by atoms with Crippen LogP contribution < -0.4 is 4.74 Å². The van der Waals surface area contributed by atoms with Crippen molar-refractivity contribution in [2.24, 2.45) is 0 Å². The summed E-state index contributed by atoms with van der Waals surface area (Å²) >= 11 is 5.94. The standard InChI is InChI=1S/C13H9ClFNO3/c1-8-2-3-12(14)13(4-8)19-11-6-9(15)5-10(7-11)16(17)18/h2-7H,1H3. The second-order valence-electron chi connectivity index (χ2n) is 3.94. The van der Waals surface area contributed by atoms with Crippen LogP contribution in [0, 0.1) is 22.9 Å². The minimum atomic E-state index is -0.743. The van der Waals surface area contributed by atoms with E-state index in [0.29, 0.717) is 10.8 Å². The molecular formula is C13H9ClFNO3. The highest BCUT2D eigenvalue weighted by Crippen LogP contribution is 2.32. The number of hydrogen-bond donors (Lipinski definition) is 0. The average Bonchev–Trinajstić information content (AvgIpc) is 2.33. The molecule has 0 heterocycles. The summed E-state index contributed by atoms with van der Waals surface area (Å²) in [6, 6.07) is 8.13. The topological polar surface area (TPSA) is 52.4 Å². The van der Waals surface area contributed by atoms with Crippen LogP contribution in [0.5, 0.6) is 11.5 Å². The van der Waals surface area contributed by atoms with E-state index in [1.807, 2.05) is 6.92 Å². The highest BCUT2D eigenvalue weighted by atomic mass is 35.5. The van der Waals surface area contributed by atoms with Gasteiger partial charge in [0.1, 0.15) is 17.3 Å². The van der Waals surface area contributed by atoms with Crippen molar-refractivity contribution in [2.75, 3.05) is 0 Å². The highest BCUT2D eigenvalue weighted by Gasteiger charge is 2.12. The second-order valence-corrected chi connectivity index (χ2v) is 4.35. The van der Waals surface area contributed by atoms with Crippen LogP contribution in [0.4, 0.5) is 10.1 Å². The van der Waals surface area contributed by atoms with E-state index in [0.717, 1.165) is 23.8 Å². The van der Waals surface area contributed by atoms with Gasteiger partial charge in [-0.05, 0) is 24.6 Å². The van der Waals surface area contributed by atoms with Gasteiger partial charge in [-0.25, -0.2) is 4.39 Å². The first-order valence-electron chi connectivity index (χ1n) is 5.35. The van der Waals surface area contributed by atoms with Crippen molar-refractivity contribution in [3.8, 4) is 11.5 Å². The van der Waals surface area contributed by atoms with Gasteiger partial charge in [0.15, 0.2) is 0 Å². The minimum Gasteiger partial charge on any atom is -0.455 e. The Morgan fingerprint density at radius 2 is 2.00 bits per heavy atom. The molecule has 0 spiro atoms. The Kier molecular flexibility index (Phi) is 3.66. The molecule has 0 aliphatic heterocycles. The van der Waals surface area contributed by atoms with Crippen molar-refractivity contribution in [1.29, 1.82) is 0 Å². The number of hydrogen-bond acceptors (Lipinski definition) is 3. The van der Waals surface area contributed by atoms with Crippen LogP contribution in [0.25, 0.3) is 0 Å². The molecule has 6 heteroatoms. The molecule has 0 bridgehead atoms. The van der Waals surface area contributed by atoms with Gasteiger partial charge in [-0.15, -0.1) is 0 Å². The number of aryl methyl sites for hydroxylation is 1. The lowest BCUT2D eigenvalue weighted by molar-refractivity contribution is -0.385. The Hall–Kier alpha value is -2.14. The Morgan fingerprint density at radius 1 is 1.26 bits per heavy atom. The zero-order valence-corrected chi connectivity index (χ0v) is 10.6. The van der Waals surface area contributed by atoms with Gasteiger partial charge in [-0.2, -0.15) is 0 Å². The summed E-state index contributed by atoms with van der Waals surface area (Å²) in [5.41, 5.74) is 0.532. The SMILES string of the molecule is Cc1ccc(Cl)c(Oc2cc(F)cc([N+](=O)[O-])c2)c1. The monoisotopic (exact) mass is 281 g/mol. The molecular weight excluding hydrogens is 273 g/mol. The van der Waals surface area contributed by atoms with Gasteiger partial charge >= 0.3 is 0 Å². The molecule has 0 aromatic heterocycles. The van der Waals surface area contributed by atoms with E-state index in [-0.39, 0.29) is 11.4 Å². The van der Waals surface area contributed by atoms with Crippen LogP contribution >= 0.6 is 11.6 Å². The van der Waals surface area contributed by atoms with Gasteiger partial charge in [0.05, 0.1) is 22.1 Å². The normalized spacial score (nSPS) is 10.3. The molecule has 0 aliphatic carbocycles. The van der Waals surface area contributed by atoms with E-state index in [4.69, 9.17) is 16.3 Å². The van der Waals surface area contributed by atoms with Gasteiger partial charge in [-0.1, -0.05) is 17.7 Å². The molecule has 19 heavy (non-hydrogen) atoms. The largest absolute Gasteiger partial charge is 0.455 e. The Bertz CT molecular complexity index is 646. The van der Waals surface area contributed by atoms with Crippen molar-refractivity contribution in [3.63, 3.8) is 0 Å². The van der Waals surface area contributed by atoms with Gasteiger partial charge < -0.3 is 4.74 Å². The molecule has 98 valence electrons. The van der Waals surface area contributed by atoms with Crippen molar-refractivity contribution in [1.82, 2.24) is 0 Å². The molecule has 2 aromatic rings.